The van der Waals surface area contributed by atoms with Crippen LogP contribution in [0, 0.1) is 6.92 Å². The van der Waals surface area contributed by atoms with E-state index >= 15 is 0 Å². The minimum absolute atomic E-state index is 0.585. The zero-order valence-electron chi connectivity index (χ0n) is 12.2. The molecule has 5 heteroatoms. The highest BCUT2D eigenvalue weighted by Gasteiger charge is 2.17. The summed E-state index contributed by atoms with van der Waals surface area (Å²) in [6.45, 7) is 2.67. The van der Waals surface area contributed by atoms with Crippen LogP contribution in [0.15, 0.2) is 53.7 Å². The van der Waals surface area contributed by atoms with Crippen molar-refractivity contribution in [1.29, 1.82) is 0 Å². The molecule has 2 heterocycles. The Kier molecular flexibility index (Phi) is 3.35. The third kappa shape index (κ3) is 2.48. The second kappa shape index (κ2) is 5.50. The Hall–Kier alpha value is -2.27. The van der Waals surface area contributed by atoms with Gasteiger partial charge in [0, 0.05) is 4.90 Å². The van der Waals surface area contributed by atoms with Crippen LogP contribution >= 0.6 is 11.8 Å². The first kappa shape index (κ1) is 13.4. The number of rotatable bonds is 3. The maximum Gasteiger partial charge on any atom is 0.147 e. The van der Waals surface area contributed by atoms with Gasteiger partial charge in [0.15, 0.2) is 0 Å². The lowest BCUT2D eigenvalue weighted by atomic mass is 10.2. The summed E-state index contributed by atoms with van der Waals surface area (Å²) in [4.78, 5) is 1.20. The van der Waals surface area contributed by atoms with Crippen LogP contribution in [0.25, 0.3) is 5.69 Å². The molecule has 3 aromatic rings. The summed E-state index contributed by atoms with van der Waals surface area (Å²) >= 11 is 1.77. The normalized spacial score (nSPS) is 12.6. The van der Waals surface area contributed by atoms with E-state index in [1.165, 1.54) is 16.0 Å². The lowest BCUT2D eigenvalue weighted by Gasteiger charge is -2.18. The summed E-state index contributed by atoms with van der Waals surface area (Å²) < 4.78 is 7.95. The molecule has 110 valence electrons. The Bertz CT molecular complexity index is 811. The van der Waals surface area contributed by atoms with Gasteiger partial charge in [-0.3, -0.25) is 4.57 Å². The maximum absolute atomic E-state index is 5.91. The molecule has 0 fully saturated rings. The number of thioether (sulfide) groups is 1. The zero-order chi connectivity index (χ0) is 14.9. The fourth-order valence-electron chi connectivity index (χ4n) is 2.45. The molecule has 1 aliphatic rings. The van der Waals surface area contributed by atoms with Crippen molar-refractivity contribution in [2.45, 2.75) is 24.2 Å². The molecule has 0 aliphatic carbocycles. The van der Waals surface area contributed by atoms with Crippen LogP contribution in [0.3, 0.4) is 0 Å². The molecule has 0 atom stereocenters. The van der Waals surface area contributed by atoms with E-state index in [0.717, 1.165) is 23.0 Å². The van der Waals surface area contributed by atoms with E-state index in [2.05, 4.69) is 53.5 Å². The molecule has 0 N–H and O–H groups in total. The summed E-state index contributed by atoms with van der Waals surface area (Å²) in [5.41, 5.74) is 3.56. The number of aromatic nitrogens is 3. The molecular formula is C17H15N3OS. The van der Waals surface area contributed by atoms with Gasteiger partial charge < -0.3 is 4.74 Å². The van der Waals surface area contributed by atoms with E-state index in [4.69, 9.17) is 4.74 Å². The van der Waals surface area contributed by atoms with Crippen LogP contribution in [0.5, 0.6) is 5.75 Å². The van der Waals surface area contributed by atoms with E-state index in [-0.39, 0.29) is 0 Å². The number of nitrogens with zero attached hydrogens (tertiary/aromatic N) is 3. The molecule has 0 radical (unpaired) electrons. The number of benzene rings is 2. The highest BCUT2D eigenvalue weighted by molar-refractivity contribution is 7.98. The molecule has 4 nitrogen and oxygen atoms in total. The number of aryl methyl sites for hydroxylation is 1. The number of hydrogen-bond acceptors (Lipinski definition) is 4. The largest absolute Gasteiger partial charge is 0.489 e. The summed E-state index contributed by atoms with van der Waals surface area (Å²) in [5.74, 6) is 2.73. The highest BCUT2D eigenvalue weighted by atomic mass is 32.2. The predicted octanol–water partition coefficient (Wildman–Crippen LogP) is 3.76. The smallest absolute Gasteiger partial charge is 0.147 e. The van der Waals surface area contributed by atoms with Gasteiger partial charge in [-0.2, -0.15) is 0 Å². The van der Waals surface area contributed by atoms with Gasteiger partial charge in [0.2, 0.25) is 0 Å². The first-order valence-electron chi connectivity index (χ1n) is 7.14. The van der Waals surface area contributed by atoms with Crippen molar-refractivity contribution in [1.82, 2.24) is 14.8 Å². The third-order valence-electron chi connectivity index (χ3n) is 3.69. The Morgan fingerprint density at radius 3 is 2.91 bits per heavy atom. The van der Waals surface area contributed by atoms with Gasteiger partial charge in [-0.25, -0.2) is 0 Å². The molecule has 0 saturated heterocycles. The van der Waals surface area contributed by atoms with E-state index < -0.39 is 0 Å². The molecule has 0 saturated carbocycles. The van der Waals surface area contributed by atoms with Crippen molar-refractivity contribution in [3.63, 3.8) is 0 Å². The van der Waals surface area contributed by atoms with Crippen LogP contribution in [0.2, 0.25) is 0 Å². The first-order chi connectivity index (χ1) is 10.8. The van der Waals surface area contributed by atoms with Crippen molar-refractivity contribution in [2.24, 2.45) is 0 Å². The summed E-state index contributed by atoms with van der Waals surface area (Å²) in [5, 5.41) is 8.10. The Balaban J connectivity index is 1.54. The molecule has 2 aromatic carbocycles. The van der Waals surface area contributed by atoms with Crippen molar-refractivity contribution in [3.05, 3.63) is 65.7 Å². The minimum Gasteiger partial charge on any atom is -0.489 e. The molecule has 0 bridgehead atoms. The molecular weight excluding hydrogens is 294 g/mol. The van der Waals surface area contributed by atoms with Gasteiger partial charge >= 0.3 is 0 Å². The van der Waals surface area contributed by atoms with Gasteiger partial charge in [0.25, 0.3) is 0 Å². The average molecular weight is 309 g/mol. The lowest BCUT2D eigenvalue weighted by molar-refractivity contribution is 0.305. The fourth-order valence-corrected chi connectivity index (χ4v) is 3.45. The van der Waals surface area contributed by atoms with E-state index in [1.807, 2.05) is 10.6 Å². The number of ether oxygens (including phenoxy) is 1. The van der Waals surface area contributed by atoms with Crippen LogP contribution in [0.4, 0.5) is 0 Å². The van der Waals surface area contributed by atoms with Gasteiger partial charge in [-0.05, 0) is 30.7 Å². The number of hydrogen-bond donors (Lipinski definition) is 0. The van der Waals surface area contributed by atoms with Gasteiger partial charge in [-0.15, -0.1) is 22.0 Å². The standard InChI is InChI=1S/C17H15N3OS/c1-12-2-4-13(5-3-12)9-21-14-6-7-15-16(8-14)22-10-17-19-18-11-20(15)17/h2-8,11H,9-10H2,1H3. The molecule has 22 heavy (non-hydrogen) atoms. The van der Waals surface area contributed by atoms with Crippen LogP contribution in [-0.4, -0.2) is 14.8 Å². The maximum atomic E-state index is 5.91. The molecule has 1 aliphatic heterocycles. The van der Waals surface area contributed by atoms with Crippen LogP contribution < -0.4 is 4.74 Å². The second-order valence-electron chi connectivity index (χ2n) is 5.31. The van der Waals surface area contributed by atoms with E-state index in [1.54, 1.807) is 18.1 Å². The first-order valence-corrected chi connectivity index (χ1v) is 8.12. The van der Waals surface area contributed by atoms with Crippen molar-refractivity contribution in [3.8, 4) is 11.4 Å². The zero-order valence-corrected chi connectivity index (χ0v) is 13.0. The van der Waals surface area contributed by atoms with Gasteiger partial charge in [0.05, 0.1) is 11.4 Å². The number of fused-ring (bicyclic) bond motifs is 3. The SMILES string of the molecule is Cc1ccc(COc2ccc3c(c2)SCc2nncn2-3)cc1. The Morgan fingerprint density at radius 1 is 1.18 bits per heavy atom. The van der Waals surface area contributed by atoms with Crippen molar-refractivity contribution >= 4 is 11.8 Å². The highest BCUT2D eigenvalue weighted by Crippen LogP contribution is 2.36. The van der Waals surface area contributed by atoms with Crippen molar-refractivity contribution < 1.29 is 4.74 Å². The quantitative estimate of drug-likeness (QED) is 0.738. The lowest BCUT2D eigenvalue weighted by Crippen LogP contribution is -2.06. The van der Waals surface area contributed by atoms with Gasteiger partial charge in [-0.1, -0.05) is 29.8 Å². The topological polar surface area (TPSA) is 39.9 Å². The average Bonchev–Trinajstić information content (AvgIpc) is 3.03. The summed E-state index contributed by atoms with van der Waals surface area (Å²) in [7, 11) is 0. The monoisotopic (exact) mass is 309 g/mol. The minimum atomic E-state index is 0.585. The molecule has 1 aromatic heterocycles. The van der Waals surface area contributed by atoms with E-state index in [0.29, 0.717) is 6.61 Å². The van der Waals surface area contributed by atoms with Crippen LogP contribution in [0.1, 0.15) is 17.0 Å². The van der Waals surface area contributed by atoms with Crippen molar-refractivity contribution in [2.75, 3.05) is 0 Å². The molecule has 4 rings (SSSR count). The van der Waals surface area contributed by atoms with E-state index in [9.17, 15) is 0 Å². The summed E-state index contributed by atoms with van der Waals surface area (Å²) in [6.07, 6.45) is 1.76. The molecule has 0 amide bonds. The Morgan fingerprint density at radius 2 is 2.05 bits per heavy atom. The molecule has 0 spiro atoms. The fraction of sp³-hybridized carbons (Fsp3) is 0.176. The van der Waals surface area contributed by atoms with Gasteiger partial charge in [0.1, 0.15) is 24.5 Å². The Labute approximate surface area is 133 Å². The molecule has 0 unspecified atom stereocenters. The predicted molar refractivity (Wildman–Crippen MR) is 86.4 cm³/mol. The van der Waals surface area contributed by atoms with Crippen LogP contribution in [-0.2, 0) is 12.4 Å². The third-order valence-corrected chi connectivity index (χ3v) is 4.73. The summed E-state index contributed by atoms with van der Waals surface area (Å²) in [6, 6.07) is 14.6. The second-order valence-corrected chi connectivity index (χ2v) is 6.33.